The predicted molar refractivity (Wildman–Crippen MR) is 112 cm³/mol. The van der Waals surface area contributed by atoms with Crippen LogP contribution in [0.1, 0.15) is 49.0 Å². The van der Waals surface area contributed by atoms with Crippen LogP contribution in [0.2, 0.25) is 0 Å². The van der Waals surface area contributed by atoms with Gasteiger partial charge in [0.1, 0.15) is 22.8 Å². The molecule has 2 aromatic carbocycles. The van der Waals surface area contributed by atoms with Crippen molar-refractivity contribution in [2.45, 2.75) is 39.5 Å². The Bertz CT molecular complexity index is 842. The van der Waals surface area contributed by atoms with Crippen molar-refractivity contribution in [3.05, 3.63) is 77.4 Å². The van der Waals surface area contributed by atoms with E-state index < -0.39 is 11.5 Å². The lowest BCUT2D eigenvalue weighted by atomic mass is 9.99. The Balaban J connectivity index is 0.000000261. The maximum Gasteiger partial charge on any atom is 0.170 e. The number of carbonyl (C=O) groups excluding carboxylic acids is 1. The van der Waals surface area contributed by atoms with Gasteiger partial charge < -0.3 is 15.3 Å². The third-order valence-corrected chi connectivity index (χ3v) is 4.86. The number of allylic oxidation sites excluding steroid dienone is 3. The number of carbonyl (C=O) groups is 1. The van der Waals surface area contributed by atoms with Crippen molar-refractivity contribution in [3.63, 3.8) is 0 Å². The highest BCUT2D eigenvalue weighted by atomic mass is 16.3. The summed E-state index contributed by atoms with van der Waals surface area (Å²) in [6.45, 7) is 8.26. The number of benzene rings is 2. The monoisotopic (exact) mass is 380 g/mol. The summed E-state index contributed by atoms with van der Waals surface area (Å²) in [5.74, 6) is -0.704. The Morgan fingerprint density at radius 1 is 1.11 bits per heavy atom. The summed E-state index contributed by atoms with van der Waals surface area (Å²) in [5.41, 5.74) is 3.73. The normalized spacial score (nSPS) is 15.4. The van der Waals surface area contributed by atoms with Crippen LogP contribution in [0.25, 0.3) is 0 Å². The van der Waals surface area contributed by atoms with E-state index in [9.17, 15) is 20.1 Å². The molecule has 0 aliphatic heterocycles. The zero-order valence-electron chi connectivity index (χ0n) is 16.5. The van der Waals surface area contributed by atoms with Gasteiger partial charge in [-0.2, -0.15) is 0 Å². The Kier molecular flexibility index (Phi) is 7.44. The van der Waals surface area contributed by atoms with Gasteiger partial charge in [-0.1, -0.05) is 54.1 Å². The maximum absolute atomic E-state index is 12.0. The fourth-order valence-corrected chi connectivity index (χ4v) is 3.18. The number of phenolic OH excluding ortho intramolecular Hbond substituents is 3. The van der Waals surface area contributed by atoms with Crippen molar-refractivity contribution in [1.29, 1.82) is 0 Å². The lowest BCUT2D eigenvalue weighted by Crippen LogP contribution is -2.02. The van der Waals surface area contributed by atoms with Crippen molar-refractivity contribution >= 4 is 5.78 Å². The number of aromatic hydroxyl groups is 3. The number of phenols is 3. The first kappa shape index (κ1) is 21.3. The molecule has 1 aliphatic carbocycles. The topological polar surface area (TPSA) is 77.8 Å². The number of hydrogen-bond acceptors (Lipinski definition) is 4. The summed E-state index contributed by atoms with van der Waals surface area (Å²) in [6.07, 6.45) is 5.49. The summed E-state index contributed by atoms with van der Waals surface area (Å²) in [5, 5.41) is 28.4. The molecule has 3 N–H and O–H groups in total. The van der Waals surface area contributed by atoms with Crippen LogP contribution < -0.4 is 0 Å². The van der Waals surface area contributed by atoms with E-state index in [2.05, 4.69) is 26.5 Å². The summed E-state index contributed by atoms with van der Waals surface area (Å²) >= 11 is 0. The lowest BCUT2D eigenvalue weighted by molar-refractivity contribution is 0.0977. The molecule has 28 heavy (non-hydrogen) atoms. The van der Waals surface area contributed by atoms with Gasteiger partial charge in [-0.15, -0.1) is 0 Å². The Hall–Kier alpha value is -3.01. The molecule has 148 valence electrons. The molecule has 0 fully saturated rings. The van der Waals surface area contributed by atoms with E-state index in [4.69, 9.17) is 0 Å². The highest BCUT2D eigenvalue weighted by molar-refractivity contribution is 6.01. The second-order valence-electron chi connectivity index (χ2n) is 7.30. The molecule has 0 unspecified atom stereocenters. The van der Waals surface area contributed by atoms with Crippen LogP contribution in [0.3, 0.4) is 0 Å². The Morgan fingerprint density at radius 2 is 1.71 bits per heavy atom. The molecule has 1 aliphatic rings. The van der Waals surface area contributed by atoms with Crippen LogP contribution in [0, 0.1) is 5.92 Å². The molecular weight excluding hydrogens is 352 g/mol. The second-order valence-corrected chi connectivity index (χ2v) is 7.30. The standard InChI is InChI=1S/C15H14O4.C9H14/c16-11-8-13(18)15(14(19)9-11)12(17)7-6-10-4-2-1-3-5-10;1-7(2)9-5-4-8(3)6-9/h1-5,8-9,16,18-19H,6-7H2;4,9H,1,5-6H2,2-3H3/t;9-/m.1/s1. The van der Waals surface area contributed by atoms with Gasteiger partial charge in [-0.05, 0) is 44.6 Å². The van der Waals surface area contributed by atoms with Crippen LogP contribution in [0.15, 0.2) is 66.3 Å². The summed E-state index contributed by atoms with van der Waals surface area (Å²) in [4.78, 5) is 12.0. The third kappa shape index (κ3) is 6.02. The van der Waals surface area contributed by atoms with Gasteiger partial charge in [-0.25, -0.2) is 0 Å². The van der Waals surface area contributed by atoms with Crippen molar-refractivity contribution in [2.24, 2.45) is 5.92 Å². The van der Waals surface area contributed by atoms with Crippen molar-refractivity contribution in [2.75, 3.05) is 0 Å². The molecule has 0 aromatic heterocycles. The third-order valence-electron chi connectivity index (χ3n) is 4.86. The summed E-state index contributed by atoms with van der Waals surface area (Å²) in [6, 6.07) is 11.5. The molecule has 0 saturated carbocycles. The molecule has 4 nitrogen and oxygen atoms in total. The fraction of sp³-hybridized carbons (Fsp3) is 0.292. The van der Waals surface area contributed by atoms with Crippen molar-refractivity contribution < 1.29 is 20.1 Å². The van der Waals surface area contributed by atoms with E-state index in [1.807, 2.05) is 30.3 Å². The first-order chi connectivity index (χ1) is 13.3. The largest absolute Gasteiger partial charge is 0.508 e. The van der Waals surface area contributed by atoms with Gasteiger partial charge in [-0.3, -0.25) is 4.79 Å². The molecule has 3 rings (SSSR count). The second kappa shape index (κ2) is 9.79. The van der Waals surface area contributed by atoms with E-state index in [-0.39, 0.29) is 23.5 Å². The predicted octanol–water partition coefficient (Wildman–Crippen LogP) is 5.54. The van der Waals surface area contributed by atoms with Crippen LogP contribution in [0.5, 0.6) is 17.2 Å². The van der Waals surface area contributed by atoms with Gasteiger partial charge in [0.25, 0.3) is 0 Å². The van der Waals surface area contributed by atoms with Crippen molar-refractivity contribution in [3.8, 4) is 17.2 Å². The maximum atomic E-state index is 12.0. The minimum Gasteiger partial charge on any atom is -0.508 e. The van der Waals surface area contributed by atoms with E-state index >= 15 is 0 Å². The molecule has 0 bridgehead atoms. The lowest BCUT2D eigenvalue weighted by Gasteiger charge is -2.07. The smallest absolute Gasteiger partial charge is 0.170 e. The van der Waals surface area contributed by atoms with E-state index in [0.717, 1.165) is 23.6 Å². The zero-order chi connectivity index (χ0) is 20.7. The van der Waals surface area contributed by atoms with Gasteiger partial charge in [0.15, 0.2) is 5.78 Å². The molecule has 0 saturated heterocycles. The quantitative estimate of drug-likeness (QED) is 0.470. The average Bonchev–Trinajstić information content (AvgIpc) is 3.07. The van der Waals surface area contributed by atoms with Gasteiger partial charge >= 0.3 is 0 Å². The Morgan fingerprint density at radius 3 is 2.18 bits per heavy atom. The summed E-state index contributed by atoms with van der Waals surface area (Å²) < 4.78 is 0. The van der Waals surface area contributed by atoms with Gasteiger partial charge in [0, 0.05) is 18.6 Å². The van der Waals surface area contributed by atoms with E-state index in [1.165, 1.54) is 24.0 Å². The first-order valence-electron chi connectivity index (χ1n) is 9.41. The number of hydrogen-bond donors (Lipinski definition) is 3. The highest BCUT2D eigenvalue weighted by Crippen LogP contribution is 2.33. The minimum absolute atomic E-state index is 0.145. The Labute approximate surface area is 166 Å². The first-order valence-corrected chi connectivity index (χ1v) is 9.41. The molecule has 0 heterocycles. The molecule has 0 amide bonds. The van der Waals surface area contributed by atoms with E-state index in [1.54, 1.807) is 0 Å². The minimum atomic E-state index is -0.407. The van der Waals surface area contributed by atoms with Gasteiger partial charge in [0.05, 0.1) is 0 Å². The molecule has 0 radical (unpaired) electrons. The molecule has 0 spiro atoms. The fourth-order valence-electron chi connectivity index (χ4n) is 3.18. The van der Waals surface area contributed by atoms with E-state index in [0.29, 0.717) is 6.42 Å². The van der Waals surface area contributed by atoms with Crippen molar-refractivity contribution in [1.82, 2.24) is 0 Å². The molecule has 1 atom stereocenters. The van der Waals surface area contributed by atoms with Crippen LogP contribution in [-0.4, -0.2) is 21.1 Å². The van der Waals surface area contributed by atoms with Crippen LogP contribution >= 0.6 is 0 Å². The number of Topliss-reactive ketones (excluding diaryl/α,β-unsaturated/α-hetero) is 1. The van der Waals surface area contributed by atoms with Crippen LogP contribution in [-0.2, 0) is 6.42 Å². The SMILES string of the molecule is C=C(C)[C@@H]1CC=C(C)C1.O=C(CCc1ccccc1)c1c(O)cc(O)cc1O. The molecular formula is C24H28O4. The molecule has 2 aromatic rings. The molecule has 4 heteroatoms. The average molecular weight is 380 g/mol. The van der Waals surface area contributed by atoms with Crippen LogP contribution in [0.4, 0.5) is 0 Å². The summed E-state index contributed by atoms with van der Waals surface area (Å²) in [7, 11) is 0. The number of ketones is 1. The number of rotatable bonds is 5. The zero-order valence-corrected chi connectivity index (χ0v) is 16.5. The number of aryl methyl sites for hydroxylation is 1. The highest BCUT2D eigenvalue weighted by Gasteiger charge is 2.17. The van der Waals surface area contributed by atoms with Gasteiger partial charge in [0.2, 0.25) is 0 Å².